The summed E-state index contributed by atoms with van der Waals surface area (Å²) in [7, 11) is 0. The van der Waals surface area contributed by atoms with Crippen LogP contribution in [0, 0.1) is 0 Å². The van der Waals surface area contributed by atoms with Gasteiger partial charge in [-0.2, -0.15) is 0 Å². The predicted molar refractivity (Wildman–Crippen MR) is 67.8 cm³/mol. The first-order chi connectivity index (χ1) is 8.27. The van der Waals surface area contributed by atoms with Crippen molar-refractivity contribution in [2.75, 3.05) is 39.4 Å². The molecule has 0 unspecified atom stereocenters. The van der Waals surface area contributed by atoms with E-state index >= 15 is 0 Å². The predicted octanol–water partition coefficient (Wildman–Crippen LogP) is -0.0477. The van der Waals surface area contributed by atoms with Gasteiger partial charge in [-0.25, -0.2) is 0 Å². The van der Waals surface area contributed by atoms with Crippen LogP contribution in [0.5, 0.6) is 0 Å². The van der Waals surface area contributed by atoms with Gasteiger partial charge in [0.05, 0.1) is 6.54 Å². The minimum atomic E-state index is 0.0693. The summed E-state index contributed by atoms with van der Waals surface area (Å²) < 4.78 is 5.28. The lowest BCUT2D eigenvalue weighted by molar-refractivity contribution is -0.130. The minimum Gasteiger partial charge on any atom is -0.382 e. The Balaban J connectivity index is 2.05. The van der Waals surface area contributed by atoms with Crippen LogP contribution in [0.25, 0.3) is 0 Å². The van der Waals surface area contributed by atoms with E-state index in [0.29, 0.717) is 6.04 Å². The molecular weight excluding hydrogens is 218 g/mol. The average molecular weight is 243 g/mol. The summed E-state index contributed by atoms with van der Waals surface area (Å²) in [5, 5.41) is 3.51. The summed E-state index contributed by atoms with van der Waals surface area (Å²) in [6.45, 7) is 6.42. The SMILES string of the molecule is CCOCCCNC1CCN(C(=O)CN)CC1. The number of hydrogen-bond acceptors (Lipinski definition) is 4. The summed E-state index contributed by atoms with van der Waals surface area (Å²) in [6.07, 6.45) is 3.11. The van der Waals surface area contributed by atoms with Crippen LogP contribution in [0.1, 0.15) is 26.2 Å². The Morgan fingerprint density at radius 2 is 2.18 bits per heavy atom. The van der Waals surface area contributed by atoms with Crippen LogP contribution in [0.3, 0.4) is 0 Å². The van der Waals surface area contributed by atoms with Gasteiger partial charge in [0.25, 0.3) is 0 Å². The van der Waals surface area contributed by atoms with Gasteiger partial charge in [-0.1, -0.05) is 0 Å². The number of hydrogen-bond donors (Lipinski definition) is 2. The maximum Gasteiger partial charge on any atom is 0.236 e. The molecule has 1 heterocycles. The van der Waals surface area contributed by atoms with Gasteiger partial charge in [0.15, 0.2) is 0 Å². The third-order valence-corrected chi connectivity index (χ3v) is 3.12. The first-order valence-corrected chi connectivity index (χ1v) is 6.57. The fourth-order valence-corrected chi connectivity index (χ4v) is 2.09. The van der Waals surface area contributed by atoms with Crippen LogP contribution < -0.4 is 11.1 Å². The molecule has 0 spiro atoms. The topological polar surface area (TPSA) is 67.6 Å². The molecule has 3 N–H and O–H groups in total. The fourth-order valence-electron chi connectivity index (χ4n) is 2.09. The molecule has 0 aromatic rings. The molecule has 1 rings (SSSR count). The summed E-state index contributed by atoms with van der Waals surface area (Å²) in [6, 6.07) is 0.540. The van der Waals surface area contributed by atoms with E-state index in [1.807, 2.05) is 11.8 Å². The van der Waals surface area contributed by atoms with Crippen LogP contribution in [0.15, 0.2) is 0 Å². The molecule has 1 aliphatic rings. The molecule has 0 aliphatic carbocycles. The number of carbonyl (C=O) groups excluding carboxylic acids is 1. The van der Waals surface area contributed by atoms with Gasteiger partial charge in [0.1, 0.15) is 0 Å². The van der Waals surface area contributed by atoms with Crippen molar-refractivity contribution in [2.24, 2.45) is 5.73 Å². The van der Waals surface area contributed by atoms with Crippen molar-refractivity contribution in [3.63, 3.8) is 0 Å². The van der Waals surface area contributed by atoms with E-state index in [-0.39, 0.29) is 12.5 Å². The van der Waals surface area contributed by atoms with E-state index in [2.05, 4.69) is 5.32 Å². The van der Waals surface area contributed by atoms with Crippen LogP contribution in [-0.4, -0.2) is 56.2 Å². The molecule has 5 heteroatoms. The number of nitrogens with zero attached hydrogens (tertiary/aromatic N) is 1. The Bertz CT molecular complexity index is 216. The van der Waals surface area contributed by atoms with E-state index in [1.165, 1.54) is 0 Å². The standard InChI is InChI=1S/C12H25N3O2/c1-2-17-9-3-6-14-11-4-7-15(8-5-11)12(16)10-13/h11,14H,2-10,13H2,1H3. The summed E-state index contributed by atoms with van der Waals surface area (Å²) in [5.41, 5.74) is 5.34. The minimum absolute atomic E-state index is 0.0693. The molecule has 0 atom stereocenters. The summed E-state index contributed by atoms with van der Waals surface area (Å²) >= 11 is 0. The molecule has 0 radical (unpaired) electrons. The molecular formula is C12H25N3O2. The third-order valence-electron chi connectivity index (χ3n) is 3.12. The van der Waals surface area contributed by atoms with E-state index in [1.54, 1.807) is 0 Å². The number of carbonyl (C=O) groups is 1. The second kappa shape index (κ2) is 8.44. The van der Waals surface area contributed by atoms with E-state index in [0.717, 1.165) is 52.1 Å². The normalized spacial score (nSPS) is 17.4. The second-order valence-electron chi connectivity index (χ2n) is 4.36. The van der Waals surface area contributed by atoms with Crippen LogP contribution in [0.2, 0.25) is 0 Å². The number of nitrogens with one attached hydrogen (secondary N) is 1. The first kappa shape index (κ1) is 14.4. The van der Waals surface area contributed by atoms with Gasteiger partial charge in [-0.3, -0.25) is 4.79 Å². The molecule has 0 aromatic heterocycles. The quantitative estimate of drug-likeness (QED) is 0.615. The smallest absolute Gasteiger partial charge is 0.236 e. The van der Waals surface area contributed by atoms with Gasteiger partial charge in [0.2, 0.25) is 5.91 Å². The van der Waals surface area contributed by atoms with Crippen molar-refractivity contribution >= 4 is 5.91 Å². The molecule has 1 amide bonds. The van der Waals surface area contributed by atoms with Gasteiger partial charge in [-0.05, 0) is 32.7 Å². The molecule has 0 saturated carbocycles. The highest BCUT2D eigenvalue weighted by Crippen LogP contribution is 2.10. The largest absolute Gasteiger partial charge is 0.382 e. The monoisotopic (exact) mass is 243 g/mol. The zero-order valence-electron chi connectivity index (χ0n) is 10.8. The number of amides is 1. The van der Waals surface area contributed by atoms with E-state index < -0.39 is 0 Å². The molecule has 1 fully saturated rings. The lowest BCUT2D eigenvalue weighted by atomic mass is 10.0. The van der Waals surface area contributed by atoms with Crippen LogP contribution in [-0.2, 0) is 9.53 Å². The van der Waals surface area contributed by atoms with E-state index in [9.17, 15) is 4.79 Å². The number of ether oxygens (including phenoxy) is 1. The third kappa shape index (κ3) is 5.48. The van der Waals surface area contributed by atoms with Gasteiger partial charge in [-0.15, -0.1) is 0 Å². The van der Waals surface area contributed by atoms with Gasteiger partial charge < -0.3 is 20.7 Å². The molecule has 0 aromatic carbocycles. The summed E-state index contributed by atoms with van der Waals surface area (Å²) in [5.74, 6) is 0.0693. The first-order valence-electron chi connectivity index (χ1n) is 6.57. The Morgan fingerprint density at radius 3 is 2.76 bits per heavy atom. The fraction of sp³-hybridized carbons (Fsp3) is 0.917. The zero-order valence-corrected chi connectivity index (χ0v) is 10.8. The molecule has 1 aliphatic heterocycles. The van der Waals surface area contributed by atoms with Crippen molar-refractivity contribution in [1.82, 2.24) is 10.2 Å². The van der Waals surface area contributed by atoms with Crippen LogP contribution in [0.4, 0.5) is 0 Å². The molecule has 0 bridgehead atoms. The Labute approximate surface area is 104 Å². The highest BCUT2D eigenvalue weighted by Gasteiger charge is 2.21. The van der Waals surface area contributed by atoms with Gasteiger partial charge in [0, 0.05) is 32.3 Å². The maximum atomic E-state index is 11.4. The van der Waals surface area contributed by atoms with Crippen molar-refractivity contribution in [1.29, 1.82) is 0 Å². The molecule has 17 heavy (non-hydrogen) atoms. The van der Waals surface area contributed by atoms with Crippen molar-refractivity contribution in [2.45, 2.75) is 32.2 Å². The lowest BCUT2D eigenvalue weighted by Crippen LogP contribution is -2.46. The van der Waals surface area contributed by atoms with Crippen molar-refractivity contribution < 1.29 is 9.53 Å². The molecule has 100 valence electrons. The highest BCUT2D eigenvalue weighted by atomic mass is 16.5. The maximum absolute atomic E-state index is 11.4. The number of rotatable bonds is 7. The van der Waals surface area contributed by atoms with Gasteiger partial charge >= 0.3 is 0 Å². The number of nitrogens with two attached hydrogens (primary N) is 1. The average Bonchev–Trinajstić information content (AvgIpc) is 2.38. The summed E-state index contributed by atoms with van der Waals surface area (Å²) in [4.78, 5) is 13.2. The number of piperidine rings is 1. The van der Waals surface area contributed by atoms with E-state index in [4.69, 9.17) is 10.5 Å². The zero-order chi connectivity index (χ0) is 12.5. The number of likely N-dealkylation sites (tertiary alicyclic amines) is 1. The Morgan fingerprint density at radius 1 is 1.47 bits per heavy atom. The van der Waals surface area contributed by atoms with Crippen LogP contribution >= 0.6 is 0 Å². The highest BCUT2D eigenvalue weighted by molar-refractivity contribution is 5.78. The van der Waals surface area contributed by atoms with Crippen molar-refractivity contribution in [3.05, 3.63) is 0 Å². The Kier molecular flexibility index (Phi) is 7.16. The molecule has 5 nitrogen and oxygen atoms in total. The molecule has 1 saturated heterocycles. The lowest BCUT2D eigenvalue weighted by Gasteiger charge is -2.32. The Hall–Kier alpha value is -0.650. The van der Waals surface area contributed by atoms with Crippen molar-refractivity contribution in [3.8, 4) is 0 Å². The second-order valence-corrected chi connectivity index (χ2v) is 4.36.